The molecule has 6 heteroatoms. The Morgan fingerprint density at radius 1 is 1.15 bits per heavy atom. The Balaban J connectivity index is 1.87. The van der Waals surface area contributed by atoms with Gasteiger partial charge in [0.1, 0.15) is 0 Å². The molecule has 1 amide bonds. The minimum absolute atomic E-state index is 0.0334. The van der Waals surface area contributed by atoms with E-state index in [-0.39, 0.29) is 12.0 Å². The van der Waals surface area contributed by atoms with E-state index in [4.69, 9.17) is 15.2 Å². The molecule has 1 heterocycles. The Labute approximate surface area is 159 Å². The van der Waals surface area contributed by atoms with Gasteiger partial charge >= 0.3 is 0 Å². The zero-order chi connectivity index (χ0) is 19.4. The summed E-state index contributed by atoms with van der Waals surface area (Å²) in [6, 6.07) is 12.6. The van der Waals surface area contributed by atoms with E-state index in [9.17, 15) is 4.79 Å². The number of nitrogen functional groups attached to an aromatic ring is 1. The molecule has 0 saturated carbocycles. The number of carbonyl (C=O) groups excluding carboxylic acids is 1. The summed E-state index contributed by atoms with van der Waals surface area (Å²) in [5.74, 6) is 1.23. The van der Waals surface area contributed by atoms with E-state index in [2.05, 4.69) is 5.10 Å². The van der Waals surface area contributed by atoms with E-state index in [1.165, 1.54) is 5.01 Å². The molecule has 2 aromatic rings. The first kappa shape index (κ1) is 18.8. The average molecular weight is 367 g/mol. The number of nitrogens with zero attached hydrogens (tertiary/aromatic N) is 2. The molecule has 27 heavy (non-hydrogen) atoms. The standard InChI is InChI=1S/C21H25N3O3/c1-14(2)27-20-13-16(8-11-19(20)26-3)18-5-4-12-24(23-18)21(25)15-6-9-17(22)10-7-15/h6-11,13-14H,4-5,12,22H2,1-3H3. The summed E-state index contributed by atoms with van der Waals surface area (Å²) >= 11 is 0. The predicted octanol–water partition coefficient (Wildman–Crippen LogP) is 3.70. The molecule has 0 atom stereocenters. The van der Waals surface area contributed by atoms with Crippen molar-refractivity contribution < 1.29 is 14.3 Å². The van der Waals surface area contributed by atoms with Gasteiger partial charge in [0.2, 0.25) is 0 Å². The maximum absolute atomic E-state index is 12.7. The lowest BCUT2D eigenvalue weighted by Gasteiger charge is -2.24. The van der Waals surface area contributed by atoms with Crippen LogP contribution in [0, 0.1) is 0 Å². The maximum atomic E-state index is 12.7. The number of nitrogens with two attached hydrogens (primary N) is 1. The van der Waals surface area contributed by atoms with Crippen LogP contribution in [-0.2, 0) is 0 Å². The van der Waals surface area contributed by atoms with Gasteiger partial charge in [-0.15, -0.1) is 0 Å². The van der Waals surface area contributed by atoms with Gasteiger partial charge in [-0.1, -0.05) is 0 Å². The first-order valence-electron chi connectivity index (χ1n) is 9.08. The van der Waals surface area contributed by atoms with Crippen molar-refractivity contribution in [2.75, 3.05) is 19.4 Å². The Bertz CT molecular complexity index is 844. The zero-order valence-corrected chi connectivity index (χ0v) is 15.9. The van der Waals surface area contributed by atoms with Crippen molar-refractivity contribution in [2.45, 2.75) is 32.8 Å². The number of hydrogen-bond donors (Lipinski definition) is 1. The van der Waals surface area contributed by atoms with Gasteiger partial charge < -0.3 is 15.2 Å². The van der Waals surface area contributed by atoms with Crippen LogP contribution in [0.3, 0.4) is 0 Å². The summed E-state index contributed by atoms with van der Waals surface area (Å²) in [5.41, 5.74) is 8.70. The molecule has 142 valence electrons. The van der Waals surface area contributed by atoms with Crippen LogP contribution in [0.15, 0.2) is 47.6 Å². The number of rotatable bonds is 5. The van der Waals surface area contributed by atoms with Crippen molar-refractivity contribution in [3.8, 4) is 11.5 Å². The van der Waals surface area contributed by atoms with E-state index < -0.39 is 0 Å². The van der Waals surface area contributed by atoms with E-state index in [1.807, 2.05) is 32.0 Å². The molecule has 2 aromatic carbocycles. The number of benzene rings is 2. The van der Waals surface area contributed by atoms with Crippen LogP contribution in [0.25, 0.3) is 0 Å². The zero-order valence-electron chi connectivity index (χ0n) is 15.9. The van der Waals surface area contributed by atoms with Gasteiger partial charge in [-0.05, 0) is 69.2 Å². The number of carbonyl (C=O) groups is 1. The molecule has 6 nitrogen and oxygen atoms in total. The lowest BCUT2D eigenvalue weighted by Crippen LogP contribution is -2.32. The van der Waals surface area contributed by atoms with Crippen LogP contribution in [0.4, 0.5) is 5.69 Å². The second-order valence-corrected chi connectivity index (χ2v) is 6.73. The smallest absolute Gasteiger partial charge is 0.273 e. The van der Waals surface area contributed by atoms with Crippen molar-refractivity contribution in [3.63, 3.8) is 0 Å². The Hall–Kier alpha value is -3.02. The van der Waals surface area contributed by atoms with Gasteiger partial charge in [-0.3, -0.25) is 4.79 Å². The molecule has 0 spiro atoms. The summed E-state index contributed by atoms with van der Waals surface area (Å²) in [6.07, 6.45) is 1.69. The van der Waals surface area contributed by atoms with Crippen molar-refractivity contribution >= 4 is 17.3 Å². The normalized spacial score (nSPS) is 14.1. The lowest BCUT2D eigenvalue weighted by atomic mass is 10.0. The van der Waals surface area contributed by atoms with E-state index in [0.29, 0.717) is 29.3 Å². The monoisotopic (exact) mass is 367 g/mol. The van der Waals surface area contributed by atoms with E-state index >= 15 is 0 Å². The third-order valence-corrected chi connectivity index (χ3v) is 4.28. The molecule has 0 fully saturated rings. The Morgan fingerprint density at radius 2 is 1.89 bits per heavy atom. The highest BCUT2D eigenvalue weighted by atomic mass is 16.5. The number of hydrazone groups is 1. The second-order valence-electron chi connectivity index (χ2n) is 6.73. The third-order valence-electron chi connectivity index (χ3n) is 4.28. The molecule has 1 aliphatic heterocycles. The highest BCUT2D eigenvalue weighted by Gasteiger charge is 2.21. The number of anilines is 1. The summed E-state index contributed by atoms with van der Waals surface area (Å²) < 4.78 is 11.2. The van der Waals surface area contributed by atoms with Crippen LogP contribution in [0.1, 0.15) is 42.6 Å². The molecule has 1 aliphatic rings. The summed E-state index contributed by atoms with van der Waals surface area (Å²) in [4.78, 5) is 12.7. The van der Waals surface area contributed by atoms with Gasteiger partial charge in [-0.2, -0.15) is 5.10 Å². The molecule has 3 rings (SSSR count). The topological polar surface area (TPSA) is 77.2 Å². The van der Waals surface area contributed by atoms with Gasteiger partial charge in [0.05, 0.1) is 18.9 Å². The summed E-state index contributed by atoms with van der Waals surface area (Å²) in [5, 5.41) is 6.12. The van der Waals surface area contributed by atoms with Crippen LogP contribution in [0.5, 0.6) is 11.5 Å². The molecule has 0 radical (unpaired) electrons. The fourth-order valence-electron chi connectivity index (χ4n) is 2.97. The summed E-state index contributed by atoms with van der Waals surface area (Å²) in [6.45, 7) is 4.53. The van der Waals surface area contributed by atoms with Crippen molar-refractivity contribution in [1.82, 2.24) is 5.01 Å². The highest BCUT2D eigenvalue weighted by Crippen LogP contribution is 2.30. The molecular weight excluding hydrogens is 342 g/mol. The van der Waals surface area contributed by atoms with Gasteiger partial charge in [0, 0.05) is 23.4 Å². The Kier molecular flexibility index (Phi) is 5.64. The molecule has 2 N–H and O–H groups in total. The van der Waals surface area contributed by atoms with E-state index in [1.54, 1.807) is 31.4 Å². The van der Waals surface area contributed by atoms with Gasteiger partial charge in [0.15, 0.2) is 11.5 Å². The van der Waals surface area contributed by atoms with Gasteiger partial charge in [0.25, 0.3) is 5.91 Å². The van der Waals surface area contributed by atoms with Crippen molar-refractivity contribution in [1.29, 1.82) is 0 Å². The molecule has 0 bridgehead atoms. The molecular formula is C21H25N3O3. The summed E-state index contributed by atoms with van der Waals surface area (Å²) in [7, 11) is 1.62. The van der Waals surface area contributed by atoms with Crippen LogP contribution < -0.4 is 15.2 Å². The fraction of sp³-hybridized carbons (Fsp3) is 0.333. The van der Waals surface area contributed by atoms with Crippen LogP contribution >= 0.6 is 0 Å². The molecule has 0 saturated heterocycles. The predicted molar refractivity (Wildman–Crippen MR) is 106 cm³/mol. The van der Waals surface area contributed by atoms with E-state index in [0.717, 1.165) is 24.1 Å². The van der Waals surface area contributed by atoms with Crippen molar-refractivity contribution in [2.24, 2.45) is 5.10 Å². The Morgan fingerprint density at radius 3 is 2.56 bits per heavy atom. The number of hydrogen-bond acceptors (Lipinski definition) is 5. The fourth-order valence-corrected chi connectivity index (χ4v) is 2.97. The number of amides is 1. The average Bonchev–Trinajstić information content (AvgIpc) is 2.67. The third kappa shape index (κ3) is 4.39. The van der Waals surface area contributed by atoms with Crippen LogP contribution in [0.2, 0.25) is 0 Å². The minimum Gasteiger partial charge on any atom is -0.493 e. The second kappa shape index (κ2) is 8.12. The number of ether oxygens (including phenoxy) is 2. The lowest BCUT2D eigenvalue weighted by molar-refractivity contribution is 0.0751. The first-order chi connectivity index (χ1) is 13.0. The maximum Gasteiger partial charge on any atom is 0.273 e. The number of methoxy groups -OCH3 is 1. The SMILES string of the molecule is COc1ccc(C2=NN(C(=O)c3ccc(N)cc3)CCC2)cc1OC(C)C. The van der Waals surface area contributed by atoms with Crippen molar-refractivity contribution in [3.05, 3.63) is 53.6 Å². The highest BCUT2D eigenvalue weighted by molar-refractivity contribution is 6.03. The largest absolute Gasteiger partial charge is 0.493 e. The molecule has 0 aromatic heterocycles. The molecule has 0 unspecified atom stereocenters. The van der Waals surface area contributed by atoms with Gasteiger partial charge in [-0.25, -0.2) is 5.01 Å². The quantitative estimate of drug-likeness (QED) is 0.818. The minimum atomic E-state index is -0.126. The molecule has 0 aliphatic carbocycles. The first-order valence-corrected chi connectivity index (χ1v) is 9.08. The van der Waals surface area contributed by atoms with Crippen LogP contribution in [-0.4, -0.2) is 36.4 Å².